The smallest absolute Gasteiger partial charge is 0.410 e. The van der Waals surface area contributed by atoms with Gasteiger partial charge in [-0.25, -0.2) is 19.0 Å². The van der Waals surface area contributed by atoms with Gasteiger partial charge in [-0.2, -0.15) is 0 Å². The van der Waals surface area contributed by atoms with E-state index >= 15 is 4.39 Å². The fourth-order valence-electron chi connectivity index (χ4n) is 7.85. The summed E-state index contributed by atoms with van der Waals surface area (Å²) >= 11 is 14.1. The molecule has 7 rings (SSSR count). The van der Waals surface area contributed by atoms with Gasteiger partial charge in [-0.1, -0.05) is 47.5 Å². The van der Waals surface area contributed by atoms with Crippen molar-refractivity contribution in [2.24, 2.45) is 0 Å². The number of pyridine rings is 2. The summed E-state index contributed by atoms with van der Waals surface area (Å²) in [5.74, 6) is -1.30. The van der Waals surface area contributed by atoms with Crippen molar-refractivity contribution in [1.29, 1.82) is 0 Å². The van der Waals surface area contributed by atoms with E-state index in [1.807, 2.05) is 6.07 Å². The molecular formula is C44H46Cl2FN7O8. The molecule has 2 fully saturated rings. The Kier molecular flexibility index (Phi) is 12.9. The van der Waals surface area contributed by atoms with Crippen LogP contribution in [0.3, 0.4) is 0 Å². The van der Waals surface area contributed by atoms with E-state index in [-0.39, 0.29) is 96.3 Å². The highest BCUT2D eigenvalue weighted by Gasteiger charge is 2.33. The minimum Gasteiger partial charge on any atom is -0.481 e. The Morgan fingerprint density at radius 1 is 0.919 bits per heavy atom. The average Bonchev–Trinajstić information content (AvgIpc) is 3.92. The minimum atomic E-state index is -1.29. The Morgan fingerprint density at radius 3 is 2.21 bits per heavy atom. The van der Waals surface area contributed by atoms with Crippen molar-refractivity contribution in [1.82, 2.24) is 35.3 Å². The number of hydrogen-bond donors (Lipinski definition) is 3. The van der Waals surface area contributed by atoms with Gasteiger partial charge in [0.05, 0.1) is 40.7 Å². The molecule has 2 aromatic heterocycles. The quantitative estimate of drug-likeness (QED) is 0.125. The van der Waals surface area contributed by atoms with Gasteiger partial charge in [-0.3, -0.25) is 19.4 Å². The van der Waals surface area contributed by atoms with E-state index in [0.717, 1.165) is 10.5 Å². The lowest BCUT2D eigenvalue weighted by Gasteiger charge is -2.30. The number of carbonyl (C=O) groups excluding carboxylic acids is 4. The lowest BCUT2D eigenvalue weighted by Crippen LogP contribution is -2.47. The van der Waals surface area contributed by atoms with Crippen molar-refractivity contribution in [3.05, 3.63) is 87.3 Å². The molecular weight excluding hydrogens is 844 g/mol. The molecule has 15 nitrogen and oxygen atoms in total. The van der Waals surface area contributed by atoms with Crippen molar-refractivity contribution in [3.8, 4) is 39.5 Å². The van der Waals surface area contributed by atoms with E-state index in [0.29, 0.717) is 59.2 Å². The second kappa shape index (κ2) is 18.2. The molecule has 18 heteroatoms. The van der Waals surface area contributed by atoms with Crippen LogP contribution in [0.1, 0.15) is 67.9 Å². The van der Waals surface area contributed by atoms with Crippen LogP contribution in [-0.2, 0) is 27.4 Å². The number of nitrogens with zero attached hydrogens (tertiary/aromatic N) is 5. The lowest BCUT2D eigenvalue weighted by molar-refractivity contribution is -0.120. The third-order valence-corrected chi connectivity index (χ3v) is 11.7. The van der Waals surface area contributed by atoms with Crippen LogP contribution in [0, 0.1) is 5.82 Å². The standard InChI is InChI=1S/C44H46Cl2FN7O8/c1-44(2,3)62-43(60)53(21-26-9-12-35(55)49-26)17-16-52-20-25-18-24(8-11-28(25)41(52)57)39-38(46)30(14-15-48-39)29-6-5-7-31(37(29)45)34-19-33(47)32(40(51-34)61-4)23-54(42(58)59)22-27-10-13-36(56)50-27/h5-8,11,14-15,18-19,26-27H,9-10,12-13,16-17,20-23H2,1-4H3,(H,49,55)(H,50,56)(H,58,59). The van der Waals surface area contributed by atoms with Gasteiger partial charge in [0.1, 0.15) is 11.4 Å². The highest BCUT2D eigenvalue weighted by atomic mass is 35.5. The SMILES string of the molecule is COc1nc(-c2cccc(-c3ccnc(-c4ccc5c(c4)CN(CCN(CC4CCC(=O)N4)C(=O)OC(C)(C)C)C5=O)c3Cl)c2Cl)cc(F)c1CN(CC1CCC(=O)N1)C(=O)O. The molecule has 62 heavy (non-hydrogen) atoms. The minimum absolute atomic E-state index is 0.0314. The van der Waals surface area contributed by atoms with E-state index in [4.69, 9.17) is 32.7 Å². The lowest BCUT2D eigenvalue weighted by atomic mass is 9.98. The fraction of sp³-hybridized carbons (Fsp3) is 0.386. The molecule has 0 saturated carbocycles. The van der Waals surface area contributed by atoms with Crippen LogP contribution in [-0.4, -0.2) is 111 Å². The number of ether oxygens (including phenoxy) is 2. The van der Waals surface area contributed by atoms with Gasteiger partial charge in [0, 0.05) is 97.7 Å². The van der Waals surface area contributed by atoms with Gasteiger partial charge in [0.2, 0.25) is 17.7 Å². The Labute approximate surface area is 367 Å². The molecule has 0 radical (unpaired) electrons. The number of hydrogen-bond acceptors (Lipinski definition) is 9. The summed E-state index contributed by atoms with van der Waals surface area (Å²) in [6.45, 7) is 5.94. The number of nitrogens with one attached hydrogen (secondary N) is 2. The molecule has 3 aliphatic heterocycles. The van der Waals surface area contributed by atoms with Crippen LogP contribution < -0.4 is 15.4 Å². The maximum absolute atomic E-state index is 15.9. The van der Waals surface area contributed by atoms with Gasteiger partial charge in [-0.15, -0.1) is 0 Å². The highest BCUT2D eigenvalue weighted by Crippen LogP contribution is 2.42. The Bertz CT molecular complexity index is 2450. The third kappa shape index (κ3) is 9.71. The molecule has 326 valence electrons. The molecule has 2 saturated heterocycles. The van der Waals surface area contributed by atoms with Crippen LogP contribution >= 0.6 is 23.2 Å². The number of carboxylic acid groups (broad SMARTS) is 1. The number of aromatic nitrogens is 2. The topological polar surface area (TPSA) is 184 Å². The zero-order valence-corrected chi connectivity index (χ0v) is 36.1. The van der Waals surface area contributed by atoms with Crippen LogP contribution in [0.5, 0.6) is 5.88 Å². The van der Waals surface area contributed by atoms with Crippen LogP contribution in [0.2, 0.25) is 10.0 Å². The Balaban J connectivity index is 1.10. The summed E-state index contributed by atoms with van der Waals surface area (Å²) in [7, 11) is 1.31. The van der Waals surface area contributed by atoms with E-state index in [2.05, 4.69) is 20.6 Å². The molecule has 3 aliphatic rings. The van der Waals surface area contributed by atoms with Crippen molar-refractivity contribution >= 4 is 53.1 Å². The van der Waals surface area contributed by atoms with Gasteiger partial charge in [-0.05, 0) is 57.4 Å². The number of amides is 5. The summed E-state index contributed by atoms with van der Waals surface area (Å²) in [6.07, 6.45) is 1.53. The molecule has 2 unspecified atom stereocenters. The Hall–Kier alpha value is -6.00. The van der Waals surface area contributed by atoms with Crippen molar-refractivity contribution < 1.29 is 42.9 Å². The normalized spacial score (nSPS) is 17.1. The number of fused-ring (bicyclic) bond motifs is 1. The first-order valence-corrected chi connectivity index (χ1v) is 20.9. The van der Waals surface area contributed by atoms with E-state index < -0.39 is 23.6 Å². The van der Waals surface area contributed by atoms with E-state index in [1.165, 1.54) is 18.1 Å². The molecule has 5 heterocycles. The molecule has 5 amide bonds. The molecule has 0 aliphatic carbocycles. The van der Waals surface area contributed by atoms with E-state index in [1.54, 1.807) is 68.3 Å². The molecule has 2 atom stereocenters. The third-order valence-electron chi connectivity index (χ3n) is 10.9. The molecule has 0 bridgehead atoms. The predicted molar refractivity (Wildman–Crippen MR) is 228 cm³/mol. The first-order chi connectivity index (χ1) is 29.5. The van der Waals surface area contributed by atoms with Gasteiger partial charge in [0.25, 0.3) is 5.91 Å². The summed E-state index contributed by atoms with van der Waals surface area (Å²) < 4.78 is 27.0. The van der Waals surface area contributed by atoms with Crippen LogP contribution in [0.15, 0.2) is 54.7 Å². The van der Waals surface area contributed by atoms with Gasteiger partial charge >= 0.3 is 12.2 Å². The molecule has 4 aromatic rings. The highest BCUT2D eigenvalue weighted by molar-refractivity contribution is 6.39. The van der Waals surface area contributed by atoms with E-state index in [9.17, 15) is 29.1 Å². The maximum atomic E-state index is 15.9. The second-order valence-electron chi connectivity index (χ2n) is 16.5. The molecule has 0 spiro atoms. The fourth-order valence-corrected chi connectivity index (χ4v) is 8.50. The zero-order chi connectivity index (χ0) is 44.5. The monoisotopic (exact) mass is 889 g/mol. The number of halogens is 3. The first-order valence-electron chi connectivity index (χ1n) is 20.1. The second-order valence-corrected chi connectivity index (χ2v) is 17.2. The Morgan fingerprint density at radius 2 is 1.58 bits per heavy atom. The van der Waals surface area contributed by atoms with Crippen molar-refractivity contribution in [2.45, 2.75) is 77.2 Å². The number of rotatable bonds is 13. The predicted octanol–water partition coefficient (Wildman–Crippen LogP) is 7.16. The number of methoxy groups -OCH3 is 1. The van der Waals surface area contributed by atoms with Gasteiger partial charge < -0.3 is 39.9 Å². The van der Waals surface area contributed by atoms with Crippen molar-refractivity contribution in [3.63, 3.8) is 0 Å². The van der Waals surface area contributed by atoms with Crippen LogP contribution in [0.25, 0.3) is 33.6 Å². The largest absolute Gasteiger partial charge is 0.481 e. The zero-order valence-electron chi connectivity index (χ0n) is 34.6. The summed E-state index contributed by atoms with van der Waals surface area (Å²) in [5, 5.41) is 16.0. The molecule has 2 aromatic carbocycles. The first kappa shape index (κ1) is 44.1. The van der Waals surface area contributed by atoms with Crippen molar-refractivity contribution in [2.75, 3.05) is 33.3 Å². The van der Waals surface area contributed by atoms with Gasteiger partial charge in [0.15, 0.2) is 0 Å². The average molecular weight is 891 g/mol. The number of benzene rings is 2. The molecule has 3 N–H and O–H groups in total. The summed E-state index contributed by atoms with van der Waals surface area (Å²) in [4.78, 5) is 75.7. The summed E-state index contributed by atoms with van der Waals surface area (Å²) in [5.41, 5.74) is 3.09. The summed E-state index contributed by atoms with van der Waals surface area (Å²) in [6, 6.07) is 12.8. The number of carbonyl (C=O) groups is 5. The van der Waals surface area contributed by atoms with Crippen LogP contribution in [0.4, 0.5) is 14.0 Å². The maximum Gasteiger partial charge on any atom is 0.410 e.